The van der Waals surface area contributed by atoms with Crippen molar-refractivity contribution < 1.29 is 9.18 Å². The number of urea groups is 1. The minimum Gasteiger partial charge on any atom is -0.783 e. The Morgan fingerprint density at radius 3 is 2.55 bits per heavy atom. The van der Waals surface area contributed by atoms with Crippen LogP contribution >= 0.6 is 0 Å². The Labute approximate surface area is 168 Å². The third-order valence-corrected chi connectivity index (χ3v) is 4.71. The molecule has 4 rings (SSSR count). The Morgan fingerprint density at radius 1 is 1.00 bits per heavy atom. The van der Waals surface area contributed by atoms with Crippen molar-refractivity contribution in [2.24, 2.45) is 0 Å². The number of fused-ring (bicyclic) bond motifs is 1. The lowest BCUT2D eigenvalue weighted by Gasteiger charge is -2.34. The standard InChI is InChI=1S/C23H19FN3O2/c24-18-10-6-11-19(13-18)25-23(28)26-22-14-21(16-7-2-1-3-8-16)20-12-5-4-9-17(20)15-27(22)29/h1-14,22H,15H2,(H2,25,26,28)/q-1. The number of hydroxylamine groups is 2. The van der Waals surface area contributed by atoms with Crippen molar-refractivity contribution in [3.05, 3.63) is 113 Å². The van der Waals surface area contributed by atoms with E-state index >= 15 is 0 Å². The molecule has 2 amide bonds. The molecule has 2 N–H and O–H groups in total. The summed E-state index contributed by atoms with van der Waals surface area (Å²) in [6, 6.07) is 22.4. The summed E-state index contributed by atoms with van der Waals surface area (Å²) < 4.78 is 13.3. The molecular weight excluding hydrogens is 369 g/mol. The topological polar surface area (TPSA) is 67.4 Å². The van der Waals surface area contributed by atoms with Gasteiger partial charge in [0.25, 0.3) is 0 Å². The minimum absolute atomic E-state index is 0.133. The van der Waals surface area contributed by atoms with Crippen molar-refractivity contribution in [1.29, 1.82) is 0 Å². The number of carbonyl (C=O) groups is 1. The first kappa shape index (κ1) is 18.9. The molecule has 0 aromatic heterocycles. The zero-order chi connectivity index (χ0) is 20.2. The fourth-order valence-electron chi connectivity index (χ4n) is 3.37. The molecule has 5 nitrogen and oxygen atoms in total. The molecule has 0 fully saturated rings. The highest BCUT2D eigenvalue weighted by molar-refractivity contribution is 5.90. The van der Waals surface area contributed by atoms with Crippen molar-refractivity contribution in [2.75, 3.05) is 5.32 Å². The highest BCUT2D eigenvalue weighted by Crippen LogP contribution is 2.30. The Morgan fingerprint density at radius 2 is 1.76 bits per heavy atom. The molecule has 146 valence electrons. The van der Waals surface area contributed by atoms with E-state index in [1.165, 1.54) is 18.2 Å². The van der Waals surface area contributed by atoms with Gasteiger partial charge in [-0.15, -0.1) is 0 Å². The monoisotopic (exact) mass is 388 g/mol. The second-order valence-corrected chi connectivity index (χ2v) is 6.73. The van der Waals surface area contributed by atoms with Gasteiger partial charge in [0.15, 0.2) is 0 Å². The summed E-state index contributed by atoms with van der Waals surface area (Å²) in [6.07, 6.45) is 0.866. The summed E-state index contributed by atoms with van der Waals surface area (Å²) in [4.78, 5) is 12.4. The number of nitrogens with one attached hydrogen (secondary N) is 2. The fourth-order valence-corrected chi connectivity index (χ4v) is 3.37. The first-order chi connectivity index (χ1) is 14.1. The number of anilines is 1. The van der Waals surface area contributed by atoms with Crippen LogP contribution in [-0.4, -0.2) is 17.3 Å². The second kappa shape index (κ2) is 8.26. The Kier molecular flexibility index (Phi) is 5.37. The number of nitrogens with zero attached hydrogens (tertiary/aromatic N) is 1. The van der Waals surface area contributed by atoms with Crippen LogP contribution in [0.5, 0.6) is 0 Å². The molecule has 1 aliphatic heterocycles. The van der Waals surface area contributed by atoms with Crippen LogP contribution in [0.4, 0.5) is 14.9 Å². The van der Waals surface area contributed by atoms with Crippen LogP contribution in [0.1, 0.15) is 16.7 Å². The van der Waals surface area contributed by atoms with Crippen molar-refractivity contribution in [3.63, 3.8) is 0 Å². The van der Waals surface area contributed by atoms with E-state index in [4.69, 9.17) is 0 Å². The number of benzene rings is 3. The predicted molar refractivity (Wildman–Crippen MR) is 111 cm³/mol. The Balaban J connectivity index is 1.63. The molecule has 6 heteroatoms. The van der Waals surface area contributed by atoms with Crippen LogP contribution in [0.15, 0.2) is 84.9 Å². The van der Waals surface area contributed by atoms with Gasteiger partial charge in [0.1, 0.15) is 5.82 Å². The van der Waals surface area contributed by atoms with E-state index in [1.807, 2.05) is 54.6 Å². The molecule has 3 aromatic rings. The highest BCUT2D eigenvalue weighted by atomic mass is 19.1. The summed E-state index contributed by atoms with van der Waals surface area (Å²) in [5.41, 5.74) is 3.97. The molecule has 1 heterocycles. The summed E-state index contributed by atoms with van der Waals surface area (Å²) in [7, 11) is 0. The third-order valence-electron chi connectivity index (χ3n) is 4.71. The Hall–Kier alpha value is -3.48. The molecule has 1 atom stereocenters. The van der Waals surface area contributed by atoms with Gasteiger partial charge in [-0.25, -0.2) is 9.18 Å². The van der Waals surface area contributed by atoms with Crippen LogP contribution in [0.3, 0.4) is 0 Å². The van der Waals surface area contributed by atoms with Gasteiger partial charge in [-0.1, -0.05) is 60.7 Å². The van der Waals surface area contributed by atoms with Crippen LogP contribution in [0.2, 0.25) is 0 Å². The molecule has 0 radical (unpaired) electrons. The number of carbonyl (C=O) groups excluding carboxylic acids is 1. The van der Waals surface area contributed by atoms with Crippen molar-refractivity contribution >= 4 is 17.3 Å². The van der Waals surface area contributed by atoms with Gasteiger partial charge in [0.2, 0.25) is 0 Å². The number of halogens is 1. The maximum Gasteiger partial charge on any atom is 0.320 e. The second-order valence-electron chi connectivity index (χ2n) is 6.73. The van der Waals surface area contributed by atoms with Gasteiger partial charge in [-0.2, -0.15) is 0 Å². The number of hydrogen-bond donors (Lipinski definition) is 2. The lowest BCUT2D eigenvalue weighted by Crippen LogP contribution is -2.45. The smallest absolute Gasteiger partial charge is 0.320 e. The zero-order valence-corrected chi connectivity index (χ0v) is 15.5. The van der Waals surface area contributed by atoms with Gasteiger partial charge >= 0.3 is 6.03 Å². The lowest BCUT2D eigenvalue weighted by molar-refractivity contribution is 0.230. The first-order valence-electron chi connectivity index (χ1n) is 9.22. The maximum absolute atomic E-state index is 13.3. The van der Waals surface area contributed by atoms with Gasteiger partial charge in [0.05, 0.1) is 6.17 Å². The van der Waals surface area contributed by atoms with Crippen LogP contribution in [-0.2, 0) is 6.54 Å². The first-order valence-corrected chi connectivity index (χ1v) is 9.22. The van der Waals surface area contributed by atoms with E-state index < -0.39 is 18.0 Å². The lowest BCUT2D eigenvalue weighted by atomic mass is 9.94. The van der Waals surface area contributed by atoms with E-state index in [-0.39, 0.29) is 6.54 Å². The van der Waals surface area contributed by atoms with Gasteiger partial charge < -0.3 is 20.9 Å². The van der Waals surface area contributed by atoms with E-state index in [0.717, 1.165) is 27.3 Å². The van der Waals surface area contributed by atoms with Gasteiger partial charge in [-0.3, -0.25) is 0 Å². The van der Waals surface area contributed by atoms with Crippen LogP contribution < -0.4 is 10.6 Å². The average molecular weight is 388 g/mol. The minimum atomic E-state index is -0.883. The van der Waals surface area contributed by atoms with Crippen molar-refractivity contribution in [2.45, 2.75) is 12.7 Å². The molecule has 29 heavy (non-hydrogen) atoms. The molecule has 1 aliphatic rings. The quantitative estimate of drug-likeness (QED) is 0.682. The predicted octanol–water partition coefficient (Wildman–Crippen LogP) is 4.72. The number of rotatable bonds is 3. The van der Waals surface area contributed by atoms with Gasteiger partial charge in [-0.05, 0) is 46.5 Å². The average Bonchev–Trinajstić information content (AvgIpc) is 2.85. The molecule has 0 saturated carbocycles. The highest BCUT2D eigenvalue weighted by Gasteiger charge is 2.20. The van der Waals surface area contributed by atoms with Crippen molar-refractivity contribution in [3.8, 4) is 0 Å². The SMILES string of the molecule is O=C(Nc1cccc(F)c1)NC1C=C(c2ccccc2)c2ccccc2CN1[O-]. The third kappa shape index (κ3) is 4.34. The molecule has 0 aliphatic carbocycles. The zero-order valence-electron chi connectivity index (χ0n) is 15.5. The van der Waals surface area contributed by atoms with Crippen LogP contribution in [0, 0.1) is 11.0 Å². The van der Waals surface area contributed by atoms with Crippen LogP contribution in [0.25, 0.3) is 5.57 Å². The summed E-state index contributed by atoms with van der Waals surface area (Å²) >= 11 is 0. The molecule has 0 bridgehead atoms. The van der Waals surface area contributed by atoms with Gasteiger partial charge in [0, 0.05) is 12.2 Å². The normalized spacial score (nSPS) is 16.3. The molecule has 3 aromatic carbocycles. The van der Waals surface area contributed by atoms with E-state index in [0.29, 0.717) is 5.69 Å². The van der Waals surface area contributed by atoms with E-state index in [1.54, 1.807) is 12.1 Å². The fraction of sp³-hybridized carbons (Fsp3) is 0.0870. The molecule has 1 unspecified atom stereocenters. The molecule has 0 spiro atoms. The number of hydrogen-bond acceptors (Lipinski definition) is 3. The van der Waals surface area contributed by atoms with Crippen molar-refractivity contribution in [1.82, 2.24) is 10.4 Å². The summed E-state index contributed by atoms with van der Waals surface area (Å²) in [6.45, 7) is 0.133. The Bertz CT molecular complexity index is 1050. The maximum atomic E-state index is 13.3. The van der Waals surface area contributed by atoms with E-state index in [9.17, 15) is 14.4 Å². The number of amides is 2. The summed E-state index contributed by atoms with van der Waals surface area (Å²) in [5.74, 6) is -0.454. The molecular formula is C23H19FN3O2-. The largest absolute Gasteiger partial charge is 0.783 e. The summed E-state index contributed by atoms with van der Waals surface area (Å²) in [5, 5.41) is 18.8. The van der Waals surface area contributed by atoms with E-state index in [2.05, 4.69) is 10.6 Å². The molecule has 0 saturated heterocycles.